The fourth-order valence-corrected chi connectivity index (χ4v) is 1.24. The van der Waals surface area contributed by atoms with Crippen LogP contribution >= 0.6 is 0 Å². The molecular weight excluding hydrogens is 207 g/mol. The fraction of sp³-hybridized carbons (Fsp3) is 0.273. The number of hydrogen-bond donors (Lipinski definition) is 1. The largest absolute Gasteiger partial charge is 0.326 e. The van der Waals surface area contributed by atoms with Crippen molar-refractivity contribution in [3.63, 3.8) is 0 Å². The summed E-state index contributed by atoms with van der Waals surface area (Å²) in [6.07, 6.45) is 4.03. The Bertz CT molecular complexity index is 422. The van der Waals surface area contributed by atoms with E-state index in [9.17, 15) is 4.39 Å². The highest BCUT2D eigenvalue weighted by Gasteiger charge is 1.98. The van der Waals surface area contributed by atoms with Crippen LogP contribution in [0.1, 0.15) is 17.5 Å². The zero-order valence-corrected chi connectivity index (χ0v) is 8.81. The minimum absolute atomic E-state index is 0.280. The lowest BCUT2D eigenvalue weighted by Gasteiger charge is -2.00. The molecular formula is C11H13FN4. The molecule has 0 amide bonds. The molecule has 0 saturated heterocycles. The minimum atomic E-state index is -0.280. The Morgan fingerprint density at radius 2 is 2.31 bits per heavy atom. The monoisotopic (exact) mass is 220 g/mol. The van der Waals surface area contributed by atoms with Crippen LogP contribution in [0.3, 0.4) is 0 Å². The van der Waals surface area contributed by atoms with Gasteiger partial charge in [-0.05, 0) is 29.6 Å². The van der Waals surface area contributed by atoms with Gasteiger partial charge in [0.05, 0.1) is 0 Å². The molecule has 2 N–H and O–H groups in total. The molecule has 0 unspecified atom stereocenters. The first kappa shape index (κ1) is 12.2. The zero-order chi connectivity index (χ0) is 11.8. The van der Waals surface area contributed by atoms with E-state index in [4.69, 9.17) is 11.3 Å². The summed E-state index contributed by atoms with van der Waals surface area (Å²) in [5.41, 5.74) is 14.9. The van der Waals surface area contributed by atoms with Gasteiger partial charge < -0.3 is 5.73 Å². The average molecular weight is 220 g/mol. The summed E-state index contributed by atoms with van der Waals surface area (Å²) < 4.78 is 13.3. The molecule has 0 aliphatic carbocycles. The summed E-state index contributed by atoms with van der Waals surface area (Å²) in [5.74, 6) is -0.280. The molecule has 0 radical (unpaired) electrons. The van der Waals surface area contributed by atoms with Crippen LogP contribution in [0.15, 0.2) is 29.4 Å². The molecule has 0 aliphatic rings. The van der Waals surface area contributed by atoms with Gasteiger partial charge >= 0.3 is 0 Å². The number of rotatable bonds is 5. The Kier molecular flexibility index (Phi) is 5.05. The molecule has 84 valence electrons. The van der Waals surface area contributed by atoms with Crippen LogP contribution in [0.5, 0.6) is 0 Å². The van der Waals surface area contributed by atoms with E-state index in [2.05, 4.69) is 10.0 Å². The van der Waals surface area contributed by atoms with Gasteiger partial charge in [0.2, 0.25) is 0 Å². The van der Waals surface area contributed by atoms with Crippen molar-refractivity contribution in [3.05, 3.63) is 51.7 Å². The lowest BCUT2D eigenvalue weighted by molar-refractivity contribution is 0.624. The van der Waals surface area contributed by atoms with E-state index in [1.807, 2.05) is 0 Å². The fourth-order valence-electron chi connectivity index (χ4n) is 1.24. The van der Waals surface area contributed by atoms with Gasteiger partial charge in [0.1, 0.15) is 5.82 Å². The summed E-state index contributed by atoms with van der Waals surface area (Å²) >= 11 is 0. The number of nitrogens with two attached hydrogens (primary N) is 1. The van der Waals surface area contributed by atoms with Gasteiger partial charge in [-0.3, -0.25) is 0 Å². The van der Waals surface area contributed by atoms with Crippen LogP contribution in [-0.4, -0.2) is 6.54 Å². The van der Waals surface area contributed by atoms with Crippen LogP contribution < -0.4 is 5.73 Å². The third-order valence-electron chi connectivity index (χ3n) is 2.05. The normalized spacial score (nSPS) is 10.4. The van der Waals surface area contributed by atoms with Gasteiger partial charge in [-0.25, -0.2) is 4.39 Å². The van der Waals surface area contributed by atoms with Gasteiger partial charge in [-0.15, -0.1) is 0 Å². The van der Waals surface area contributed by atoms with Crippen LogP contribution in [0, 0.1) is 5.82 Å². The van der Waals surface area contributed by atoms with Gasteiger partial charge in [-0.1, -0.05) is 23.3 Å². The van der Waals surface area contributed by atoms with E-state index in [0.29, 0.717) is 25.1 Å². The Hall–Kier alpha value is -1.84. The first-order chi connectivity index (χ1) is 7.77. The summed E-state index contributed by atoms with van der Waals surface area (Å²) in [7, 11) is 0. The van der Waals surface area contributed by atoms with Crippen LogP contribution in [0.25, 0.3) is 16.5 Å². The second-order valence-electron chi connectivity index (χ2n) is 3.21. The van der Waals surface area contributed by atoms with Gasteiger partial charge in [-0.2, -0.15) is 0 Å². The maximum atomic E-state index is 13.3. The summed E-state index contributed by atoms with van der Waals surface area (Å²) in [4.78, 5) is 2.63. The van der Waals surface area contributed by atoms with Crippen molar-refractivity contribution in [1.82, 2.24) is 0 Å². The van der Waals surface area contributed by atoms with Crippen LogP contribution in [0.2, 0.25) is 0 Å². The van der Waals surface area contributed by atoms with Crippen molar-refractivity contribution >= 4 is 6.08 Å². The van der Waals surface area contributed by atoms with E-state index < -0.39 is 0 Å². The second-order valence-corrected chi connectivity index (χ2v) is 3.21. The third kappa shape index (κ3) is 3.73. The molecule has 0 fully saturated rings. The molecule has 0 aliphatic heterocycles. The topological polar surface area (TPSA) is 74.8 Å². The molecule has 0 bridgehead atoms. The molecule has 0 atom stereocenters. The first-order valence-corrected chi connectivity index (χ1v) is 4.94. The molecule has 0 spiro atoms. The van der Waals surface area contributed by atoms with Crippen molar-refractivity contribution in [2.75, 3.05) is 6.54 Å². The standard InChI is InChI=1S/C11H13FN4/c12-11-5-4-9(8-13)7-10(11)3-1-2-6-15-16-14/h1,3-5,7H,2,6,8,13H2. The number of hydrogen-bond acceptors (Lipinski definition) is 2. The molecule has 1 rings (SSSR count). The highest BCUT2D eigenvalue weighted by atomic mass is 19.1. The Morgan fingerprint density at radius 1 is 1.50 bits per heavy atom. The SMILES string of the molecule is [N-]=[N+]=NCCC=Cc1cc(CN)ccc1F. The molecule has 0 heterocycles. The van der Waals surface area contributed by atoms with E-state index in [1.54, 1.807) is 24.3 Å². The number of azide groups is 1. The summed E-state index contributed by atoms with van der Waals surface area (Å²) in [6, 6.07) is 4.77. The van der Waals surface area contributed by atoms with Crippen molar-refractivity contribution in [2.24, 2.45) is 10.8 Å². The molecule has 0 aromatic heterocycles. The van der Waals surface area contributed by atoms with E-state index in [-0.39, 0.29) is 5.82 Å². The second kappa shape index (κ2) is 6.61. The van der Waals surface area contributed by atoms with Crippen molar-refractivity contribution < 1.29 is 4.39 Å². The minimum Gasteiger partial charge on any atom is -0.326 e. The van der Waals surface area contributed by atoms with Crippen molar-refractivity contribution in [1.29, 1.82) is 0 Å². The van der Waals surface area contributed by atoms with Gasteiger partial charge in [0, 0.05) is 23.6 Å². The number of benzene rings is 1. The highest BCUT2D eigenvalue weighted by molar-refractivity contribution is 5.51. The van der Waals surface area contributed by atoms with Gasteiger partial charge in [0.25, 0.3) is 0 Å². The predicted molar refractivity (Wildman–Crippen MR) is 62.0 cm³/mol. The Labute approximate surface area is 93.2 Å². The lowest BCUT2D eigenvalue weighted by Crippen LogP contribution is -1.97. The Morgan fingerprint density at radius 3 is 3.00 bits per heavy atom. The highest BCUT2D eigenvalue weighted by Crippen LogP contribution is 2.12. The lowest BCUT2D eigenvalue weighted by atomic mass is 10.1. The number of nitrogens with zero attached hydrogens (tertiary/aromatic N) is 3. The molecule has 4 nitrogen and oxygen atoms in total. The number of halogens is 1. The zero-order valence-electron chi connectivity index (χ0n) is 8.81. The molecule has 0 saturated carbocycles. The first-order valence-electron chi connectivity index (χ1n) is 4.94. The quantitative estimate of drug-likeness (QED) is 0.352. The van der Waals surface area contributed by atoms with Gasteiger partial charge in [0.15, 0.2) is 0 Å². The summed E-state index contributed by atoms with van der Waals surface area (Å²) in [6.45, 7) is 0.769. The predicted octanol–water partition coefficient (Wildman–Crippen LogP) is 3.00. The maximum Gasteiger partial charge on any atom is 0.130 e. The van der Waals surface area contributed by atoms with Crippen molar-refractivity contribution in [3.8, 4) is 0 Å². The summed E-state index contributed by atoms with van der Waals surface area (Å²) in [5, 5.41) is 3.37. The average Bonchev–Trinajstić information content (AvgIpc) is 2.31. The molecule has 1 aromatic carbocycles. The molecule has 1 aromatic rings. The molecule has 16 heavy (non-hydrogen) atoms. The maximum absolute atomic E-state index is 13.3. The van der Waals surface area contributed by atoms with E-state index in [0.717, 1.165) is 5.56 Å². The van der Waals surface area contributed by atoms with Crippen molar-refractivity contribution in [2.45, 2.75) is 13.0 Å². The smallest absolute Gasteiger partial charge is 0.130 e. The van der Waals surface area contributed by atoms with Crippen LogP contribution in [-0.2, 0) is 6.54 Å². The van der Waals surface area contributed by atoms with E-state index >= 15 is 0 Å². The van der Waals surface area contributed by atoms with Crippen LogP contribution in [0.4, 0.5) is 4.39 Å². The van der Waals surface area contributed by atoms with E-state index in [1.165, 1.54) is 6.07 Å². The third-order valence-corrected chi connectivity index (χ3v) is 2.05. The Balaban J connectivity index is 2.67. The molecule has 5 heteroatoms.